The lowest BCUT2D eigenvalue weighted by Gasteiger charge is -2.08. The van der Waals surface area contributed by atoms with Crippen molar-refractivity contribution in [2.75, 3.05) is 10.0 Å². The number of sulfonamides is 1. The van der Waals surface area contributed by atoms with Crippen molar-refractivity contribution in [2.45, 2.75) is 11.6 Å². The number of thiazole rings is 1. The van der Waals surface area contributed by atoms with Crippen LogP contribution in [0.25, 0.3) is 0 Å². The van der Waals surface area contributed by atoms with Gasteiger partial charge in [-0.25, -0.2) is 18.1 Å². The van der Waals surface area contributed by atoms with Gasteiger partial charge in [-0.3, -0.25) is 9.52 Å². The van der Waals surface area contributed by atoms with Crippen LogP contribution in [0.15, 0.2) is 75.7 Å². The maximum absolute atomic E-state index is 12.5. The molecule has 13 heteroatoms. The Balaban J connectivity index is 1.36. The number of aromatic nitrogens is 3. The van der Waals surface area contributed by atoms with Gasteiger partial charge in [-0.05, 0) is 64.5 Å². The topological polar surface area (TPSA) is 115 Å². The van der Waals surface area contributed by atoms with Crippen molar-refractivity contribution in [2.24, 2.45) is 0 Å². The van der Waals surface area contributed by atoms with Gasteiger partial charge in [-0.2, -0.15) is 5.10 Å². The Hall–Kier alpha value is -2.93. The minimum Gasteiger partial charge on any atom is -0.470 e. The van der Waals surface area contributed by atoms with Crippen LogP contribution in [-0.2, 0) is 16.8 Å². The van der Waals surface area contributed by atoms with Gasteiger partial charge >= 0.3 is 0 Å². The van der Waals surface area contributed by atoms with Crippen molar-refractivity contribution >= 4 is 65.6 Å². The predicted octanol–water partition coefficient (Wildman–Crippen LogP) is 4.85. The number of anilines is 2. The third-order valence-electron chi connectivity index (χ3n) is 4.20. The van der Waals surface area contributed by atoms with Crippen molar-refractivity contribution in [1.82, 2.24) is 14.8 Å². The molecule has 0 atom stereocenters. The van der Waals surface area contributed by atoms with Crippen LogP contribution in [0, 0.1) is 0 Å². The molecule has 9 nitrogen and oxygen atoms in total. The van der Waals surface area contributed by atoms with Crippen LogP contribution in [0.2, 0.25) is 5.02 Å². The van der Waals surface area contributed by atoms with Crippen molar-refractivity contribution in [3.05, 3.63) is 81.5 Å². The van der Waals surface area contributed by atoms with Gasteiger partial charge in [0.05, 0.1) is 9.37 Å². The lowest BCUT2D eigenvalue weighted by atomic mass is 10.3. The fraction of sp³-hybridized carbons (Fsp3) is 0.0500. The molecule has 0 aliphatic heterocycles. The minimum absolute atomic E-state index is 0.0467. The smallest absolute Gasteiger partial charge is 0.276 e. The third kappa shape index (κ3) is 5.90. The van der Waals surface area contributed by atoms with E-state index in [1.165, 1.54) is 46.5 Å². The highest BCUT2D eigenvalue weighted by Gasteiger charge is 2.16. The molecule has 0 fully saturated rings. The number of nitrogens with one attached hydrogen (secondary N) is 2. The molecule has 4 rings (SSSR count). The molecule has 2 aromatic carbocycles. The molecule has 2 aromatic heterocycles. The van der Waals surface area contributed by atoms with E-state index in [9.17, 15) is 13.2 Å². The van der Waals surface area contributed by atoms with Crippen molar-refractivity contribution in [1.29, 1.82) is 0 Å². The van der Waals surface area contributed by atoms with E-state index in [-0.39, 0.29) is 22.5 Å². The second kappa shape index (κ2) is 9.91. The number of carbonyl (C=O) groups is 1. The van der Waals surface area contributed by atoms with Crippen LogP contribution in [0.1, 0.15) is 10.5 Å². The Morgan fingerprint density at radius 2 is 1.97 bits per heavy atom. The molecule has 2 heterocycles. The third-order valence-corrected chi connectivity index (χ3v) is 7.22. The number of carbonyl (C=O) groups excluding carboxylic acids is 1. The lowest BCUT2D eigenvalue weighted by molar-refractivity contribution is 0.102. The van der Waals surface area contributed by atoms with Crippen molar-refractivity contribution in [3.63, 3.8) is 0 Å². The molecule has 0 spiro atoms. The van der Waals surface area contributed by atoms with Gasteiger partial charge in [-0.1, -0.05) is 11.6 Å². The van der Waals surface area contributed by atoms with Crippen LogP contribution in [-0.4, -0.2) is 29.1 Å². The monoisotopic (exact) mass is 567 g/mol. The Morgan fingerprint density at radius 1 is 1.18 bits per heavy atom. The van der Waals surface area contributed by atoms with Gasteiger partial charge in [0.2, 0.25) is 0 Å². The summed E-state index contributed by atoms with van der Waals surface area (Å²) in [5, 5.41) is 9.39. The quantitative estimate of drug-likeness (QED) is 0.314. The SMILES string of the molecule is O=C(Nc1ccc(S(=O)(=O)Nc2nccs2)cc1)c1ccn(COc2ccc(Cl)cc2Br)n1. The second-order valence-electron chi connectivity index (χ2n) is 6.51. The largest absolute Gasteiger partial charge is 0.470 e. The first-order chi connectivity index (χ1) is 15.8. The van der Waals surface area contributed by atoms with Gasteiger partial charge in [0.25, 0.3) is 15.9 Å². The van der Waals surface area contributed by atoms with E-state index in [1.807, 2.05) is 0 Å². The van der Waals surface area contributed by atoms with E-state index in [1.54, 1.807) is 35.8 Å². The van der Waals surface area contributed by atoms with E-state index < -0.39 is 15.9 Å². The van der Waals surface area contributed by atoms with Gasteiger partial charge in [0.15, 0.2) is 17.6 Å². The molecule has 2 N–H and O–H groups in total. The molecule has 33 heavy (non-hydrogen) atoms. The number of benzene rings is 2. The number of nitrogens with zero attached hydrogens (tertiary/aromatic N) is 3. The highest BCUT2D eigenvalue weighted by Crippen LogP contribution is 2.28. The molecule has 4 aromatic rings. The molecule has 0 aliphatic rings. The highest BCUT2D eigenvalue weighted by molar-refractivity contribution is 9.10. The average Bonchev–Trinajstić information content (AvgIpc) is 3.45. The summed E-state index contributed by atoms with van der Waals surface area (Å²) in [5.41, 5.74) is 0.597. The Morgan fingerprint density at radius 3 is 2.67 bits per heavy atom. The summed E-state index contributed by atoms with van der Waals surface area (Å²) in [7, 11) is -3.77. The van der Waals surface area contributed by atoms with Crippen molar-refractivity contribution in [3.8, 4) is 5.75 Å². The van der Waals surface area contributed by atoms with Crippen LogP contribution in [0.3, 0.4) is 0 Å². The number of rotatable bonds is 8. The Kier molecular flexibility index (Phi) is 6.98. The van der Waals surface area contributed by atoms with Crippen LogP contribution in [0.4, 0.5) is 10.8 Å². The maximum Gasteiger partial charge on any atom is 0.276 e. The first-order valence-electron chi connectivity index (χ1n) is 9.25. The molecule has 1 amide bonds. The normalized spacial score (nSPS) is 11.2. The van der Waals surface area contributed by atoms with E-state index in [0.717, 1.165) is 0 Å². The number of halogens is 2. The zero-order valence-corrected chi connectivity index (χ0v) is 20.6. The van der Waals surface area contributed by atoms with Gasteiger partial charge in [-0.15, -0.1) is 11.3 Å². The summed E-state index contributed by atoms with van der Waals surface area (Å²) in [6.45, 7) is 0.0895. The van der Waals surface area contributed by atoms with Gasteiger partial charge in [0, 0.05) is 28.5 Å². The zero-order chi connectivity index (χ0) is 23.4. The van der Waals surface area contributed by atoms with Gasteiger partial charge < -0.3 is 10.1 Å². The average molecular weight is 569 g/mol. The van der Waals surface area contributed by atoms with E-state index >= 15 is 0 Å². The summed E-state index contributed by atoms with van der Waals surface area (Å²) in [4.78, 5) is 16.4. The molecule has 0 radical (unpaired) electrons. The molecule has 0 saturated heterocycles. The number of ether oxygens (including phenoxy) is 1. The molecule has 0 bridgehead atoms. The summed E-state index contributed by atoms with van der Waals surface area (Å²) in [6.07, 6.45) is 3.11. The fourth-order valence-corrected chi connectivity index (χ4v) is 5.23. The first-order valence-corrected chi connectivity index (χ1v) is 12.8. The second-order valence-corrected chi connectivity index (χ2v) is 10.4. The first kappa shape index (κ1) is 23.2. The van der Waals surface area contributed by atoms with E-state index in [2.05, 4.69) is 36.1 Å². The van der Waals surface area contributed by atoms with E-state index in [4.69, 9.17) is 16.3 Å². The predicted molar refractivity (Wildman–Crippen MR) is 129 cm³/mol. The summed E-state index contributed by atoms with van der Waals surface area (Å²) < 4.78 is 35.0. The van der Waals surface area contributed by atoms with Crippen LogP contribution >= 0.6 is 38.9 Å². The standard InChI is InChI=1S/C20H15BrClN5O4S2/c21-16-11-13(22)1-6-18(16)31-12-27-9-7-17(25-27)19(28)24-14-2-4-15(5-3-14)33(29,30)26-20-23-8-10-32-20/h1-11H,12H2,(H,23,26)(H,24,28). The lowest BCUT2D eigenvalue weighted by Crippen LogP contribution is -2.15. The van der Waals surface area contributed by atoms with Gasteiger partial charge in [0.1, 0.15) is 5.75 Å². The fourth-order valence-electron chi connectivity index (χ4n) is 2.64. The number of amides is 1. The number of hydrogen-bond acceptors (Lipinski definition) is 7. The van der Waals surface area contributed by atoms with Crippen molar-refractivity contribution < 1.29 is 17.9 Å². The summed E-state index contributed by atoms with van der Waals surface area (Å²) in [5.74, 6) is 0.137. The summed E-state index contributed by atoms with van der Waals surface area (Å²) >= 11 is 10.5. The molecule has 0 unspecified atom stereocenters. The molecule has 170 valence electrons. The highest BCUT2D eigenvalue weighted by atomic mass is 79.9. The molecular weight excluding hydrogens is 554 g/mol. The van der Waals surface area contributed by atoms with Crippen LogP contribution in [0.5, 0.6) is 5.75 Å². The Bertz CT molecular complexity index is 1380. The number of hydrogen-bond donors (Lipinski definition) is 2. The van der Waals surface area contributed by atoms with E-state index in [0.29, 0.717) is 20.9 Å². The molecular formula is C20H15BrClN5O4S2. The maximum atomic E-state index is 12.5. The van der Waals surface area contributed by atoms with Crippen LogP contribution < -0.4 is 14.8 Å². The zero-order valence-electron chi connectivity index (χ0n) is 16.6. The molecule has 0 saturated carbocycles. The minimum atomic E-state index is -3.77. The molecule has 0 aliphatic carbocycles. The summed E-state index contributed by atoms with van der Waals surface area (Å²) in [6, 6.07) is 12.5. The Labute approximate surface area is 206 Å².